The van der Waals surface area contributed by atoms with Crippen molar-refractivity contribution in [1.29, 1.82) is 0 Å². The van der Waals surface area contributed by atoms with Gasteiger partial charge >= 0.3 is 12.3 Å². The fourth-order valence-corrected chi connectivity index (χ4v) is 5.76. The van der Waals surface area contributed by atoms with Crippen LogP contribution in [0.15, 0.2) is 52.5 Å². The van der Waals surface area contributed by atoms with Crippen molar-refractivity contribution < 1.29 is 27.5 Å². The number of amidine groups is 1. The van der Waals surface area contributed by atoms with E-state index in [1.54, 1.807) is 36.2 Å². The third kappa shape index (κ3) is 6.12. The maximum absolute atomic E-state index is 13.5. The second kappa shape index (κ2) is 11.5. The molecule has 2 aromatic carbocycles. The minimum atomic E-state index is -4.54. The molecule has 2 amide bonds. The van der Waals surface area contributed by atoms with Crippen molar-refractivity contribution in [3.05, 3.63) is 69.2 Å². The lowest BCUT2D eigenvalue weighted by Crippen LogP contribution is -2.36. The van der Waals surface area contributed by atoms with Crippen molar-refractivity contribution >= 4 is 57.5 Å². The molecule has 0 aliphatic carbocycles. The highest BCUT2D eigenvalue weighted by molar-refractivity contribution is 8.18. The van der Waals surface area contributed by atoms with Gasteiger partial charge in [-0.05, 0) is 66.6 Å². The smallest absolute Gasteiger partial charge is 0.416 e. The Hall–Kier alpha value is -3.51. The third-order valence-electron chi connectivity index (χ3n) is 6.56. The first-order valence-corrected chi connectivity index (χ1v) is 13.8. The van der Waals surface area contributed by atoms with Crippen molar-refractivity contribution in [1.82, 2.24) is 19.6 Å². The Morgan fingerprint density at radius 3 is 2.75 bits per heavy atom. The molecule has 1 saturated heterocycles. The van der Waals surface area contributed by atoms with Crippen LogP contribution in [0.2, 0.25) is 5.02 Å². The number of halogens is 4. The number of thioether (sulfide) groups is 1. The van der Waals surface area contributed by atoms with Gasteiger partial charge in [0.1, 0.15) is 0 Å². The van der Waals surface area contributed by atoms with E-state index in [0.29, 0.717) is 48.4 Å². The van der Waals surface area contributed by atoms with Gasteiger partial charge in [0.15, 0.2) is 5.17 Å². The summed E-state index contributed by atoms with van der Waals surface area (Å²) >= 11 is 7.08. The summed E-state index contributed by atoms with van der Waals surface area (Å²) in [6.45, 7) is 4.27. The van der Waals surface area contributed by atoms with E-state index in [-0.39, 0.29) is 29.1 Å². The zero-order valence-corrected chi connectivity index (χ0v) is 23.0. The number of benzene rings is 2. The molecule has 0 radical (unpaired) electrons. The first kappa shape index (κ1) is 28.0. The molecular formula is C27H25ClF3N5O3S. The van der Waals surface area contributed by atoms with Crippen molar-refractivity contribution in [2.45, 2.75) is 26.1 Å². The number of amides is 2. The lowest BCUT2D eigenvalue weighted by Gasteiger charge is -2.22. The highest BCUT2D eigenvalue weighted by Crippen LogP contribution is 2.35. The predicted octanol–water partition coefficient (Wildman–Crippen LogP) is 5.89. The summed E-state index contributed by atoms with van der Waals surface area (Å²) in [7, 11) is 0. The van der Waals surface area contributed by atoms with Crippen LogP contribution in [0.3, 0.4) is 0 Å². The van der Waals surface area contributed by atoms with E-state index in [2.05, 4.69) is 10.1 Å². The Morgan fingerprint density at radius 2 is 1.98 bits per heavy atom. The van der Waals surface area contributed by atoms with Crippen molar-refractivity contribution in [3.63, 3.8) is 0 Å². The molecule has 210 valence electrons. The van der Waals surface area contributed by atoms with Crippen molar-refractivity contribution in [3.8, 4) is 0 Å². The average molecular weight is 592 g/mol. The molecule has 2 aliphatic rings. The minimum absolute atomic E-state index is 0.0139. The molecule has 0 atom stereocenters. The molecule has 1 aromatic heterocycles. The second-order valence-corrected chi connectivity index (χ2v) is 10.7. The zero-order valence-electron chi connectivity index (χ0n) is 21.4. The molecule has 0 bridgehead atoms. The summed E-state index contributed by atoms with van der Waals surface area (Å²) in [5, 5.41) is 5.63. The topological polar surface area (TPSA) is 80.0 Å². The van der Waals surface area contributed by atoms with Crippen LogP contribution in [0.4, 0.5) is 18.0 Å². The largest absolute Gasteiger partial charge is 0.450 e. The molecule has 5 rings (SSSR count). The van der Waals surface area contributed by atoms with Gasteiger partial charge in [-0.2, -0.15) is 23.3 Å². The number of carbonyl (C=O) groups is 2. The van der Waals surface area contributed by atoms with E-state index in [0.717, 1.165) is 23.4 Å². The molecular weight excluding hydrogens is 567 g/mol. The normalized spacial score (nSPS) is 17.5. The highest BCUT2D eigenvalue weighted by atomic mass is 35.5. The van der Waals surface area contributed by atoms with Gasteiger partial charge < -0.3 is 14.5 Å². The molecule has 3 heterocycles. The Kier molecular flexibility index (Phi) is 8.09. The van der Waals surface area contributed by atoms with Crippen LogP contribution < -0.4 is 0 Å². The third-order valence-corrected chi connectivity index (χ3v) is 7.84. The van der Waals surface area contributed by atoms with Crippen molar-refractivity contribution in [2.75, 3.05) is 32.8 Å². The summed E-state index contributed by atoms with van der Waals surface area (Å²) in [5.41, 5.74) is 0.662. The minimum Gasteiger partial charge on any atom is -0.450 e. The molecule has 0 unspecified atom stereocenters. The Morgan fingerprint density at radius 1 is 1.15 bits per heavy atom. The predicted molar refractivity (Wildman–Crippen MR) is 148 cm³/mol. The van der Waals surface area contributed by atoms with E-state index in [4.69, 9.17) is 16.3 Å². The first-order valence-electron chi connectivity index (χ1n) is 12.6. The highest BCUT2D eigenvalue weighted by Gasteiger charge is 2.34. The molecule has 13 heteroatoms. The molecule has 8 nitrogen and oxygen atoms in total. The molecule has 40 heavy (non-hydrogen) atoms. The van der Waals surface area contributed by atoms with E-state index < -0.39 is 11.7 Å². The molecule has 0 N–H and O–H groups in total. The van der Waals surface area contributed by atoms with E-state index in [9.17, 15) is 22.8 Å². The summed E-state index contributed by atoms with van der Waals surface area (Å²) in [6.07, 6.45) is -0.826. The monoisotopic (exact) mass is 591 g/mol. The average Bonchev–Trinajstić information content (AvgIpc) is 3.36. The molecule has 0 spiro atoms. The van der Waals surface area contributed by atoms with E-state index in [1.165, 1.54) is 28.6 Å². The summed E-state index contributed by atoms with van der Waals surface area (Å²) in [5.74, 6) is -0.343. The van der Waals surface area contributed by atoms with Crippen LogP contribution >= 0.6 is 23.4 Å². The van der Waals surface area contributed by atoms with E-state index >= 15 is 0 Å². The standard InChI is InChI=1S/C27H25ClF3N5O3S/c1-2-39-26(38)35-9-3-8-34(10-11-35)25-33-24(37)23(40-25)13-17-4-7-22-19(12-17)15-32-36(22)16-18-5-6-20(28)14-21(18)27(29,30)31/h4-7,12-15H,2-3,8-11,16H2,1H3. The van der Waals surface area contributed by atoms with Gasteiger partial charge in [0.05, 0.1) is 35.3 Å². The van der Waals surface area contributed by atoms with Crippen LogP contribution in [-0.4, -0.2) is 69.5 Å². The number of alkyl halides is 3. The van der Waals surface area contributed by atoms with Crippen LogP contribution in [0.1, 0.15) is 30.0 Å². The number of aromatic nitrogens is 2. The lowest BCUT2D eigenvalue weighted by molar-refractivity contribution is -0.138. The number of hydrogen-bond acceptors (Lipinski definition) is 6. The number of rotatable bonds is 4. The van der Waals surface area contributed by atoms with Crippen LogP contribution in [0, 0.1) is 0 Å². The number of nitrogens with zero attached hydrogens (tertiary/aromatic N) is 5. The van der Waals surface area contributed by atoms with Crippen LogP contribution in [-0.2, 0) is 22.3 Å². The quantitative estimate of drug-likeness (QED) is 0.352. The molecule has 3 aromatic rings. The van der Waals surface area contributed by atoms with Gasteiger partial charge in [0.25, 0.3) is 5.91 Å². The maximum atomic E-state index is 13.5. The van der Waals surface area contributed by atoms with Gasteiger partial charge in [-0.25, -0.2) is 4.79 Å². The number of hydrogen-bond donors (Lipinski definition) is 0. The van der Waals surface area contributed by atoms with Gasteiger partial charge in [0, 0.05) is 36.6 Å². The maximum Gasteiger partial charge on any atom is 0.416 e. The van der Waals surface area contributed by atoms with Gasteiger partial charge in [0.2, 0.25) is 0 Å². The zero-order chi connectivity index (χ0) is 28.4. The fourth-order valence-electron chi connectivity index (χ4n) is 4.62. The summed E-state index contributed by atoms with van der Waals surface area (Å²) in [6, 6.07) is 9.08. The van der Waals surface area contributed by atoms with Gasteiger partial charge in [-0.15, -0.1) is 0 Å². The fraction of sp³-hybridized carbons (Fsp3) is 0.333. The van der Waals surface area contributed by atoms with Crippen molar-refractivity contribution in [2.24, 2.45) is 4.99 Å². The van der Waals surface area contributed by atoms with Gasteiger partial charge in [-0.3, -0.25) is 9.48 Å². The molecule has 2 aliphatic heterocycles. The lowest BCUT2D eigenvalue weighted by atomic mass is 10.1. The Labute approximate surface area is 237 Å². The first-order chi connectivity index (χ1) is 19.1. The summed E-state index contributed by atoms with van der Waals surface area (Å²) < 4.78 is 47.2. The Balaban J connectivity index is 1.29. The number of aliphatic imine (C=N–C) groups is 1. The second-order valence-electron chi connectivity index (χ2n) is 9.26. The van der Waals surface area contributed by atoms with Gasteiger partial charge in [-0.1, -0.05) is 23.7 Å². The number of fused-ring (bicyclic) bond motifs is 1. The molecule has 0 saturated carbocycles. The number of ether oxygens (including phenoxy) is 1. The van der Waals surface area contributed by atoms with Crippen LogP contribution in [0.5, 0.6) is 0 Å². The summed E-state index contributed by atoms with van der Waals surface area (Å²) in [4.78, 5) is 33.1. The SMILES string of the molecule is CCOC(=O)N1CCCN(C2=NC(=O)C(=Cc3ccc4c(cnn4Cc4ccc(Cl)cc4C(F)(F)F)c3)S2)CC1. The molecule has 1 fully saturated rings. The Bertz CT molecular complexity index is 1520. The van der Waals surface area contributed by atoms with E-state index in [1.807, 2.05) is 11.0 Å². The number of carbonyl (C=O) groups excluding carboxylic acids is 2. The van der Waals surface area contributed by atoms with Crippen LogP contribution in [0.25, 0.3) is 17.0 Å².